The third kappa shape index (κ3) is 1.79. The quantitative estimate of drug-likeness (QED) is 0.903. The number of rotatable bonds is 2. The van der Waals surface area contributed by atoms with Gasteiger partial charge in [0.1, 0.15) is 0 Å². The average Bonchev–Trinajstić information content (AvgIpc) is 2.89. The fourth-order valence-corrected chi connectivity index (χ4v) is 6.58. The summed E-state index contributed by atoms with van der Waals surface area (Å²) in [4.78, 5) is 4.71. The minimum atomic E-state index is 0.591. The second-order valence-corrected chi connectivity index (χ2v) is 8.43. The Labute approximate surface area is 127 Å². The highest BCUT2D eigenvalue weighted by Gasteiger charge is 2.53. The van der Waals surface area contributed by atoms with Gasteiger partial charge in [-0.2, -0.15) is 0 Å². The summed E-state index contributed by atoms with van der Waals surface area (Å²) in [6.45, 7) is 4.58. The van der Waals surface area contributed by atoms with Crippen LogP contribution in [0.3, 0.4) is 0 Å². The first-order chi connectivity index (χ1) is 10.2. The van der Waals surface area contributed by atoms with Crippen LogP contribution in [-0.4, -0.2) is 16.1 Å². The van der Waals surface area contributed by atoms with Crippen LogP contribution in [0.4, 0.5) is 0 Å². The van der Waals surface area contributed by atoms with Crippen LogP contribution in [-0.2, 0) is 13.0 Å². The van der Waals surface area contributed by atoms with E-state index in [1.807, 2.05) is 0 Å². The van der Waals surface area contributed by atoms with E-state index in [9.17, 15) is 0 Å². The fraction of sp³-hybridized carbons (Fsp3) is 0.833. The van der Waals surface area contributed by atoms with Gasteiger partial charge in [-0.3, -0.25) is 0 Å². The molecule has 1 unspecified atom stereocenters. The Morgan fingerprint density at radius 3 is 2.52 bits per heavy atom. The van der Waals surface area contributed by atoms with Crippen LogP contribution in [0.25, 0.3) is 0 Å². The standard InChI is InChI=1S/C18H27N3/c1-12(21-11-20-16-10-19-3-2-17(16)21)18-7-13-4-14(8-18)6-15(5-13)9-18/h11-15,19H,2-10H2,1H3. The SMILES string of the molecule is CC(n1cnc2c1CCNC2)C12CC3CC(CC(C3)C1)C2. The number of aromatic nitrogens is 2. The van der Waals surface area contributed by atoms with Crippen LogP contribution in [0, 0.1) is 23.2 Å². The molecule has 2 heterocycles. The molecule has 1 N–H and O–H groups in total. The molecule has 5 aliphatic rings. The van der Waals surface area contributed by atoms with Crippen LogP contribution < -0.4 is 5.32 Å². The van der Waals surface area contributed by atoms with Gasteiger partial charge in [-0.1, -0.05) is 0 Å². The van der Waals surface area contributed by atoms with Crippen molar-refractivity contribution in [2.45, 2.75) is 64.5 Å². The zero-order valence-electron chi connectivity index (χ0n) is 13.1. The Bertz CT molecular complexity index is 524. The van der Waals surface area contributed by atoms with Gasteiger partial charge in [0.2, 0.25) is 0 Å². The lowest BCUT2D eigenvalue weighted by molar-refractivity contribution is -0.0792. The molecule has 0 radical (unpaired) electrons. The number of nitrogens with zero attached hydrogens (tertiary/aromatic N) is 2. The Kier molecular flexibility index (Phi) is 2.62. The van der Waals surface area contributed by atoms with E-state index in [0.717, 1.165) is 37.3 Å². The van der Waals surface area contributed by atoms with Gasteiger partial charge in [0.15, 0.2) is 0 Å². The summed E-state index contributed by atoms with van der Waals surface area (Å²) >= 11 is 0. The normalized spacial score (nSPS) is 42.0. The molecule has 0 amide bonds. The van der Waals surface area contributed by atoms with E-state index in [0.29, 0.717) is 11.5 Å². The van der Waals surface area contributed by atoms with E-state index in [4.69, 9.17) is 4.98 Å². The lowest BCUT2D eigenvalue weighted by atomic mass is 9.48. The summed E-state index contributed by atoms with van der Waals surface area (Å²) in [6, 6.07) is 0.653. The minimum Gasteiger partial charge on any atom is -0.331 e. The molecule has 1 aromatic heterocycles. The lowest BCUT2D eigenvalue weighted by Gasteiger charge is -2.59. The Hall–Kier alpha value is -0.830. The van der Waals surface area contributed by atoms with E-state index in [1.165, 1.54) is 49.9 Å². The molecule has 1 aromatic rings. The molecule has 21 heavy (non-hydrogen) atoms. The van der Waals surface area contributed by atoms with Gasteiger partial charge in [0.25, 0.3) is 0 Å². The van der Waals surface area contributed by atoms with Crippen molar-refractivity contribution in [2.75, 3.05) is 6.54 Å². The molecular formula is C18H27N3. The molecule has 4 fully saturated rings. The van der Waals surface area contributed by atoms with Gasteiger partial charge in [-0.15, -0.1) is 0 Å². The Morgan fingerprint density at radius 1 is 1.19 bits per heavy atom. The number of nitrogens with one attached hydrogen (secondary N) is 1. The van der Waals surface area contributed by atoms with Crippen molar-refractivity contribution in [2.24, 2.45) is 23.2 Å². The van der Waals surface area contributed by atoms with Crippen LogP contribution in [0.2, 0.25) is 0 Å². The summed E-state index contributed by atoms with van der Waals surface area (Å²) < 4.78 is 2.57. The molecule has 6 rings (SSSR count). The van der Waals surface area contributed by atoms with Crippen molar-refractivity contribution >= 4 is 0 Å². The maximum atomic E-state index is 4.71. The summed E-state index contributed by atoms with van der Waals surface area (Å²) in [6.07, 6.45) is 12.4. The first-order valence-electron chi connectivity index (χ1n) is 8.99. The van der Waals surface area contributed by atoms with Crippen molar-refractivity contribution in [3.05, 3.63) is 17.7 Å². The third-order valence-corrected chi connectivity index (χ3v) is 7.20. The Morgan fingerprint density at radius 2 is 1.86 bits per heavy atom. The van der Waals surface area contributed by atoms with Gasteiger partial charge in [-0.25, -0.2) is 4.98 Å². The monoisotopic (exact) mass is 285 g/mol. The van der Waals surface area contributed by atoms with Crippen molar-refractivity contribution < 1.29 is 0 Å². The lowest BCUT2D eigenvalue weighted by Crippen LogP contribution is -2.49. The maximum Gasteiger partial charge on any atom is 0.0954 e. The zero-order valence-corrected chi connectivity index (χ0v) is 13.1. The summed E-state index contributed by atoms with van der Waals surface area (Å²) in [5.41, 5.74) is 3.42. The second kappa shape index (κ2) is 4.34. The molecule has 1 atom stereocenters. The van der Waals surface area contributed by atoms with Crippen LogP contribution in [0.1, 0.15) is 62.9 Å². The molecule has 0 aromatic carbocycles. The highest BCUT2D eigenvalue weighted by molar-refractivity contribution is 5.18. The molecule has 1 aliphatic heterocycles. The summed E-state index contributed by atoms with van der Waals surface area (Å²) in [5, 5.41) is 3.45. The maximum absolute atomic E-state index is 4.71. The van der Waals surface area contributed by atoms with Crippen LogP contribution >= 0.6 is 0 Å². The molecule has 3 heteroatoms. The van der Waals surface area contributed by atoms with E-state index in [1.54, 1.807) is 0 Å². The van der Waals surface area contributed by atoms with Crippen LogP contribution in [0.5, 0.6) is 0 Å². The van der Waals surface area contributed by atoms with E-state index >= 15 is 0 Å². The molecule has 0 saturated heterocycles. The second-order valence-electron chi connectivity index (χ2n) is 8.43. The highest BCUT2D eigenvalue weighted by Crippen LogP contribution is 2.63. The van der Waals surface area contributed by atoms with Gasteiger partial charge in [0.05, 0.1) is 12.0 Å². The third-order valence-electron chi connectivity index (χ3n) is 7.20. The van der Waals surface area contributed by atoms with Gasteiger partial charge in [-0.05, 0) is 68.6 Å². The molecule has 114 valence electrons. The smallest absolute Gasteiger partial charge is 0.0954 e. The van der Waals surface area contributed by atoms with Gasteiger partial charge >= 0.3 is 0 Å². The van der Waals surface area contributed by atoms with Crippen molar-refractivity contribution in [1.29, 1.82) is 0 Å². The van der Waals surface area contributed by atoms with Gasteiger partial charge in [0, 0.05) is 31.2 Å². The molecule has 4 aliphatic carbocycles. The zero-order chi connectivity index (χ0) is 14.0. The fourth-order valence-electron chi connectivity index (χ4n) is 6.58. The molecule has 4 bridgehead atoms. The van der Waals surface area contributed by atoms with Gasteiger partial charge < -0.3 is 9.88 Å². The first-order valence-corrected chi connectivity index (χ1v) is 8.99. The predicted octanol–water partition coefficient (Wildman–Crippen LogP) is 3.31. The summed E-state index contributed by atoms with van der Waals surface area (Å²) in [5.74, 6) is 3.12. The van der Waals surface area contributed by atoms with Crippen LogP contribution in [0.15, 0.2) is 6.33 Å². The topological polar surface area (TPSA) is 29.9 Å². The largest absolute Gasteiger partial charge is 0.331 e. The minimum absolute atomic E-state index is 0.591. The van der Waals surface area contributed by atoms with Crippen molar-refractivity contribution in [1.82, 2.24) is 14.9 Å². The number of imidazole rings is 1. The Balaban J connectivity index is 1.51. The highest BCUT2D eigenvalue weighted by atomic mass is 15.1. The number of fused-ring (bicyclic) bond motifs is 1. The number of hydrogen-bond donors (Lipinski definition) is 1. The average molecular weight is 285 g/mol. The molecule has 4 saturated carbocycles. The molecule has 0 spiro atoms. The molecule has 3 nitrogen and oxygen atoms in total. The van der Waals surface area contributed by atoms with Crippen molar-refractivity contribution in [3.8, 4) is 0 Å². The molecular weight excluding hydrogens is 258 g/mol. The van der Waals surface area contributed by atoms with E-state index in [2.05, 4.69) is 23.1 Å². The summed E-state index contributed by atoms with van der Waals surface area (Å²) in [7, 11) is 0. The predicted molar refractivity (Wildman–Crippen MR) is 83.0 cm³/mol. The van der Waals surface area contributed by atoms with E-state index in [-0.39, 0.29) is 0 Å². The number of hydrogen-bond acceptors (Lipinski definition) is 2. The first kappa shape index (κ1) is 12.7. The van der Waals surface area contributed by atoms with E-state index < -0.39 is 0 Å². The van der Waals surface area contributed by atoms with Crippen molar-refractivity contribution in [3.63, 3.8) is 0 Å².